The number of aromatic hydroxyl groups is 1. The summed E-state index contributed by atoms with van der Waals surface area (Å²) in [5.41, 5.74) is 3.54. The molecule has 1 aromatic rings. The SMILES string of the molecule is CCc1ccc(O)c(C)c1C. The van der Waals surface area contributed by atoms with Gasteiger partial charge < -0.3 is 5.11 Å². The van der Waals surface area contributed by atoms with E-state index in [0.29, 0.717) is 5.75 Å². The van der Waals surface area contributed by atoms with Crippen LogP contribution < -0.4 is 0 Å². The van der Waals surface area contributed by atoms with E-state index in [1.165, 1.54) is 11.1 Å². The molecule has 0 unspecified atom stereocenters. The van der Waals surface area contributed by atoms with Crippen molar-refractivity contribution in [3.05, 3.63) is 28.8 Å². The first-order valence-corrected chi connectivity index (χ1v) is 3.94. The second-order valence-electron chi connectivity index (χ2n) is 2.85. The third kappa shape index (κ3) is 1.37. The van der Waals surface area contributed by atoms with Gasteiger partial charge in [0.15, 0.2) is 0 Å². The minimum Gasteiger partial charge on any atom is -0.508 e. The first kappa shape index (κ1) is 8.12. The first-order valence-electron chi connectivity index (χ1n) is 3.94. The molecule has 0 aromatic heterocycles. The molecule has 0 aliphatic heterocycles. The molecule has 60 valence electrons. The van der Waals surface area contributed by atoms with E-state index in [9.17, 15) is 5.11 Å². The van der Waals surface area contributed by atoms with Crippen LogP contribution in [0.2, 0.25) is 0 Å². The van der Waals surface area contributed by atoms with E-state index in [1.807, 2.05) is 19.9 Å². The van der Waals surface area contributed by atoms with Crippen LogP contribution in [0.15, 0.2) is 12.1 Å². The molecule has 1 heteroatoms. The van der Waals surface area contributed by atoms with Crippen molar-refractivity contribution < 1.29 is 5.11 Å². The number of rotatable bonds is 1. The number of aryl methyl sites for hydroxylation is 1. The predicted molar refractivity (Wildman–Crippen MR) is 47.0 cm³/mol. The van der Waals surface area contributed by atoms with Gasteiger partial charge >= 0.3 is 0 Å². The maximum Gasteiger partial charge on any atom is 0.118 e. The normalized spacial score (nSPS) is 10.1. The van der Waals surface area contributed by atoms with Gasteiger partial charge in [0.25, 0.3) is 0 Å². The van der Waals surface area contributed by atoms with Crippen LogP contribution in [0.3, 0.4) is 0 Å². The lowest BCUT2D eigenvalue weighted by Crippen LogP contribution is -1.89. The molecule has 0 fully saturated rings. The minimum atomic E-state index is 0.403. The van der Waals surface area contributed by atoms with Crippen molar-refractivity contribution in [3.8, 4) is 5.75 Å². The fourth-order valence-corrected chi connectivity index (χ4v) is 1.25. The Kier molecular flexibility index (Phi) is 2.18. The number of hydrogen-bond acceptors (Lipinski definition) is 1. The van der Waals surface area contributed by atoms with E-state index in [2.05, 4.69) is 6.92 Å². The quantitative estimate of drug-likeness (QED) is 0.652. The average Bonchev–Trinajstić information content (AvgIpc) is 2.01. The van der Waals surface area contributed by atoms with Crippen molar-refractivity contribution in [3.63, 3.8) is 0 Å². The van der Waals surface area contributed by atoms with Crippen molar-refractivity contribution in [2.45, 2.75) is 27.2 Å². The third-order valence-electron chi connectivity index (χ3n) is 2.25. The van der Waals surface area contributed by atoms with Crippen molar-refractivity contribution in [2.24, 2.45) is 0 Å². The summed E-state index contributed by atoms with van der Waals surface area (Å²) in [5, 5.41) is 9.32. The second-order valence-corrected chi connectivity index (χ2v) is 2.85. The van der Waals surface area contributed by atoms with E-state index < -0.39 is 0 Å². The van der Waals surface area contributed by atoms with Crippen molar-refractivity contribution in [2.75, 3.05) is 0 Å². The van der Waals surface area contributed by atoms with E-state index in [0.717, 1.165) is 12.0 Å². The molecule has 1 nitrogen and oxygen atoms in total. The molecule has 0 amide bonds. The summed E-state index contributed by atoms with van der Waals surface area (Å²) in [6.07, 6.45) is 1.03. The van der Waals surface area contributed by atoms with Crippen LogP contribution in [0.4, 0.5) is 0 Å². The summed E-state index contributed by atoms with van der Waals surface area (Å²) in [4.78, 5) is 0. The van der Waals surface area contributed by atoms with Gasteiger partial charge in [0.1, 0.15) is 5.75 Å². The number of phenolic OH excluding ortho intramolecular Hbond substituents is 1. The smallest absolute Gasteiger partial charge is 0.118 e. The zero-order valence-electron chi connectivity index (χ0n) is 7.31. The Bertz CT molecular complexity index is 264. The summed E-state index contributed by atoms with van der Waals surface area (Å²) >= 11 is 0. The Morgan fingerprint density at radius 2 is 1.82 bits per heavy atom. The maximum atomic E-state index is 9.32. The average molecular weight is 150 g/mol. The lowest BCUT2D eigenvalue weighted by Gasteiger charge is -2.07. The zero-order chi connectivity index (χ0) is 8.43. The van der Waals surface area contributed by atoms with Crippen LogP contribution in [-0.2, 0) is 6.42 Å². The molecule has 0 radical (unpaired) electrons. The molecule has 0 saturated carbocycles. The van der Waals surface area contributed by atoms with Crippen LogP contribution in [0.1, 0.15) is 23.6 Å². The highest BCUT2D eigenvalue weighted by molar-refractivity contribution is 5.42. The monoisotopic (exact) mass is 150 g/mol. The molecule has 1 aromatic carbocycles. The third-order valence-corrected chi connectivity index (χ3v) is 2.25. The van der Waals surface area contributed by atoms with Gasteiger partial charge in [-0.15, -0.1) is 0 Å². The highest BCUT2D eigenvalue weighted by atomic mass is 16.3. The van der Waals surface area contributed by atoms with Crippen LogP contribution in [0.25, 0.3) is 0 Å². The molecule has 0 saturated heterocycles. The summed E-state index contributed by atoms with van der Waals surface area (Å²) in [6, 6.07) is 3.75. The summed E-state index contributed by atoms with van der Waals surface area (Å²) in [5.74, 6) is 0.403. The summed E-state index contributed by atoms with van der Waals surface area (Å²) in [6.45, 7) is 6.12. The standard InChI is InChI=1S/C10H14O/c1-4-9-5-6-10(11)8(3)7(9)2/h5-6,11H,4H2,1-3H3. The molecule has 1 rings (SSSR count). The first-order chi connectivity index (χ1) is 5.16. The molecule has 11 heavy (non-hydrogen) atoms. The molecule has 0 spiro atoms. The Balaban J connectivity index is 3.25. The summed E-state index contributed by atoms with van der Waals surface area (Å²) in [7, 11) is 0. The topological polar surface area (TPSA) is 20.2 Å². The lowest BCUT2D eigenvalue weighted by molar-refractivity contribution is 0.470. The minimum absolute atomic E-state index is 0.403. The van der Waals surface area contributed by atoms with Gasteiger partial charge in [-0.3, -0.25) is 0 Å². The highest BCUT2D eigenvalue weighted by Crippen LogP contribution is 2.22. The molecule has 1 N–H and O–H groups in total. The molecular weight excluding hydrogens is 136 g/mol. The van der Waals surface area contributed by atoms with Gasteiger partial charge in [0.2, 0.25) is 0 Å². The largest absolute Gasteiger partial charge is 0.508 e. The number of hydrogen-bond donors (Lipinski definition) is 1. The molecule has 0 heterocycles. The van der Waals surface area contributed by atoms with Crippen LogP contribution in [0.5, 0.6) is 5.75 Å². The van der Waals surface area contributed by atoms with Gasteiger partial charge in [-0.05, 0) is 43.0 Å². The number of phenols is 1. The lowest BCUT2D eigenvalue weighted by atomic mass is 10.0. The fraction of sp³-hybridized carbons (Fsp3) is 0.400. The second kappa shape index (κ2) is 2.95. The Labute approximate surface area is 67.7 Å². The maximum absolute atomic E-state index is 9.32. The van der Waals surface area contributed by atoms with E-state index in [4.69, 9.17) is 0 Å². The van der Waals surface area contributed by atoms with E-state index >= 15 is 0 Å². The molecule has 0 aliphatic carbocycles. The highest BCUT2D eigenvalue weighted by Gasteiger charge is 2.02. The predicted octanol–water partition coefficient (Wildman–Crippen LogP) is 2.57. The van der Waals surface area contributed by atoms with Crippen molar-refractivity contribution in [1.82, 2.24) is 0 Å². The van der Waals surface area contributed by atoms with E-state index in [-0.39, 0.29) is 0 Å². The fourth-order valence-electron chi connectivity index (χ4n) is 1.25. The Hall–Kier alpha value is -0.980. The van der Waals surface area contributed by atoms with Crippen molar-refractivity contribution in [1.29, 1.82) is 0 Å². The molecule has 0 atom stereocenters. The van der Waals surface area contributed by atoms with Gasteiger partial charge in [-0.1, -0.05) is 13.0 Å². The molecular formula is C10H14O. The summed E-state index contributed by atoms with van der Waals surface area (Å²) < 4.78 is 0. The van der Waals surface area contributed by atoms with E-state index in [1.54, 1.807) is 6.07 Å². The van der Waals surface area contributed by atoms with Gasteiger partial charge in [0.05, 0.1) is 0 Å². The molecule has 0 aliphatic rings. The van der Waals surface area contributed by atoms with Crippen LogP contribution in [0, 0.1) is 13.8 Å². The number of benzene rings is 1. The van der Waals surface area contributed by atoms with Crippen LogP contribution >= 0.6 is 0 Å². The zero-order valence-corrected chi connectivity index (χ0v) is 7.31. The Morgan fingerprint density at radius 1 is 1.18 bits per heavy atom. The Morgan fingerprint density at radius 3 is 2.36 bits per heavy atom. The van der Waals surface area contributed by atoms with Crippen molar-refractivity contribution >= 4 is 0 Å². The van der Waals surface area contributed by atoms with Gasteiger partial charge in [-0.2, -0.15) is 0 Å². The van der Waals surface area contributed by atoms with Gasteiger partial charge in [0, 0.05) is 0 Å². The molecule has 0 bridgehead atoms. The van der Waals surface area contributed by atoms with Gasteiger partial charge in [-0.25, -0.2) is 0 Å². The van der Waals surface area contributed by atoms with Crippen LogP contribution in [-0.4, -0.2) is 5.11 Å².